The molecule has 0 radical (unpaired) electrons. The number of rotatable bonds is 6. The van der Waals surface area contributed by atoms with E-state index in [9.17, 15) is 0 Å². The number of hydrogen-bond acceptors (Lipinski definition) is 5. The summed E-state index contributed by atoms with van der Waals surface area (Å²) < 4.78 is 13.1. The Labute approximate surface area is 367 Å². The molecule has 4 heterocycles. The average molecular weight is 818 g/mol. The topological polar surface area (TPSA) is 65.0 Å². The second-order valence-electron chi connectivity index (χ2n) is 16.3. The van der Waals surface area contributed by atoms with Crippen molar-refractivity contribution in [3.05, 3.63) is 212 Å². The molecule has 0 N–H and O–H groups in total. The van der Waals surface area contributed by atoms with Crippen LogP contribution in [0.5, 0.6) is 0 Å². The van der Waals surface area contributed by atoms with Crippen LogP contribution in [0.25, 0.3) is 133 Å². The van der Waals surface area contributed by atoms with Crippen LogP contribution < -0.4 is 0 Å². The van der Waals surface area contributed by atoms with Gasteiger partial charge in [-0.3, -0.25) is 0 Å². The SMILES string of the molecule is c1ccc(-c2ccc(-c3cc(-c4ccc(-c5cc6c(-c7ccc8oc9ccccc9c8c7)nc7ccccc7c6c6c5oc5ccccc56)cc4)nc(-c4ccccc4)n3)cc2)cc1. The third-order valence-corrected chi connectivity index (χ3v) is 12.5. The molecular weight excluding hydrogens is 783 g/mol. The zero-order valence-corrected chi connectivity index (χ0v) is 34.4. The molecule has 64 heavy (non-hydrogen) atoms. The fourth-order valence-electron chi connectivity index (χ4n) is 9.38. The number of aromatic nitrogens is 3. The van der Waals surface area contributed by atoms with Gasteiger partial charge in [-0.2, -0.15) is 0 Å². The Kier molecular flexibility index (Phi) is 8.15. The highest BCUT2D eigenvalue weighted by Crippen LogP contribution is 2.46. The second-order valence-corrected chi connectivity index (χ2v) is 16.3. The molecule has 13 aromatic rings. The summed E-state index contributed by atoms with van der Waals surface area (Å²) in [4.78, 5) is 15.7. The van der Waals surface area contributed by atoms with Gasteiger partial charge in [-0.1, -0.05) is 164 Å². The number of pyridine rings is 1. The van der Waals surface area contributed by atoms with Crippen molar-refractivity contribution >= 4 is 65.6 Å². The first kappa shape index (κ1) is 36.0. The standard InChI is InChI=1S/C59H35N3O2/c1-3-13-36(14-4-1)37-23-27-39(28-24-37)50-35-51(62-59(61-50)41-15-5-2-6-16-41)40-29-25-38(26-30-40)46-34-48-55(56-45-19-9-12-22-53(45)64-58(46)56)44-18-7-10-20-49(44)60-57(48)42-31-32-54-47(33-42)43-17-8-11-21-52(43)63-54/h1-35H. The molecule has 5 nitrogen and oxygen atoms in total. The van der Waals surface area contributed by atoms with Crippen LogP contribution in [-0.4, -0.2) is 15.0 Å². The lowest BCUT2D eigenvalue weighted by atomic mass is 9.91. The van der Waals surface area contributed by atoms with E-state index in [0.29, 0.717) is 5.82 Å². The van der Waals surface area contributed by atoms with Gasteiger partial charge < -0.3 is 8.83 Å². The van der Waals surface area contributed by atoms with Crippen molar-refractivity contribution in [2.75, 3.05) is 0 Å². The quantitative estimate of drug-likeness (QED) is 0.156. The first-order valence-corrected chi connectivity index (χ1v) is 21.5. The summed E-state index contributed by atoms with van der Waals surface area (Å²) in [5.74, 6) is 0.677. The molecule has 13 rings (SSSR count). The van der Waals surface area contributed by atoms with Crippen molar-refractivity contribution in [3.63, 3.8) is 0 Å². The smallest absolute Gasteiger partial charge is 0.160 e. The first-order valence-electron chi connectivity index (χ1n) is 21.5. The lowest BCUT2D eigenvalue weighted by Gasteiger charge is -2.14. The Bertz CT molecular complexity index is 3930. The highest BCUT2D eigenvalue weighted by atomic mass is 16.3. The lowest BCUT2D eigenvalue weighted by Crippen LogP contribution is -1.96. The Balaban J connectivity index is 0.993. The van der Waals surface area contributed by atoms with E-state index in [2.05, 4.69) is 170 Å². The Morgan fingerprint density at radius 2 is 0.828 bits per heavy atom. The zero-order chi connectivity index (χ0) is 42.1. The molecule has 0 bridgehead atoms. The van der Waals surface area contributed by atoms with E-state index >= 15 is 0 Å². The summed E-state index contributed by atoms with van der Waals surface area (Å²) in [6, 6.07) is 73.7. The van der Waals surface area contributed by atoms with Crippen LogP contribution in [0, 0.1) is 0 Å². The minimum absolute atomic E-state index is 0.677. The monoisotopic (exact) mass is 817 g/mol. The molecule has 0 aliphatic rings. The molecule has 0 spiro atoms. The molecule has 0 unspecified atom stereocenters. The number of nitrogens with zero attached hydrogens (tertiary/aromatic N) is 3. The molecule has 0 fully saturated rings. The van der Waals surface area contributed by atoms with Gasteiger partial charge in [0, 0.05) is 65.5 Å². The summed E-state index contributed by atoms with van der Waals surface area (Å²) in [5, 5.41) is 7.55. The molecule has 0 atom stereocenters. The number of para-hydroxylation sites is 3. The van der Waals surface area contributed by atoms with Crippen molar-refractivity contribution in [2.45, 2.75) is 0 Å². The van der Waals surface area contributed by atoms with Gasteiger partial charge >= 0.3 is 0 Å². The molecule has 0 amide bonds. The van der Waals surface area contributed by atoms with E-state index in [1.54, 1.807) is 0 Å². The van der Waals surface area contributed by atoms with E-state index in [-0.39, 0.29) is 0 Å². The van der Waals surface area contributed by atoms with E-state index in [0.717, 1.165) is 122 Å². The maximum absolute atomic E-state index is 6.86. The molecule has 0 saturated heterocycles. The summed E-state index contributed by atoms with van der Waals surface area (Å²) in [5.41, 5.74) is 15.3. The van der Waals surface area contributed by atoms with Crippen LogP contribution in [-0.2, 0) is 0 Å². The number of hydrogen-bond donors (Lipinski definition) is 0. The summed E-state index contributed by atoms with van der Waals surface area (Å²) in [6.07, 6.45) is 0. The van der Waals surface area contributed by atoms with E-state index in [1.807, 2.05) is 42.5 Å². The van der Waals surface area contributed by atoms with Crippen molar-refractivity contribution in [1.82, 2.24) is 15.0 Å². The number of fused-ring (bicyclic) bond motifs is 10. The van der Waals surface area contributed by atoms with Crippen LogP contribution in [0.2, 0.25) is 0 Å². The Hall–Kier alpha value is -8.67. The van der Waals surface area contributed by atoms with Gasteiger partial charge in [-0.25, -0.2) is 15.0 Å². The van der Waals surface area contributed by atoms with Crippen LogP contribution >= 0.6 is 0 Å². The van der Waals surface area contributed by atoms with Gasteiger partial charge in [-0.15, -0.1) is 0 Å². The zero-order valence-electron chi connectivity index (χ0n) is 34.4. The third-order valence-electron chi connectivity index (χ3n) is 12.5. The molecule has 0 aliphatic carbocycles. The summed E-state index contributed by atoms with van der Waals surface area (Å²) >= 11 is 0. The fourth-order valence-corrected chi connectivity index (χ4v) is 9.38. The van der Waals surface area contributed by atoms with Gasteiger partial charge in [0.2, 0.25) is 0 Å². The van der Waals surface area contributed by atoms with E-state index in [4.69, 9.17) is 23.8 Å². The van der Waals surface area contributed by atoms with Gasteiger partial charge in [0.05, 0.1) is 22.6 Å². The largest absolute Gasteiger partial charge is 0.456 e. The van der Waals surface area contributed by atoms with Crippen LogP contribution in [0.1, 0.15) is 0 Å². The normalized spacial score (nSPS) is 11.8. The highest BCUT2D eigenvalue weighted by Gasteiger charge is 2.22. The number of furan rings is 2. The van der Waals surface area contributed by atoms with Gasteiger partial charge in [-0.05, 0) is 65.2 Å². The van der Waals surface area contributed by atoms with Crippen LogP contribution in [0.3, 0.4) is 0 Å². The summed E-state index contributed by atoms with van der Waals surface area (Å²) in [6.45, 7) is 0. The molecule has 5 heteroatoms. The highest BCUT2D eigenvalue weighted by molar-refractivity contribution is 6.30. The van der Waals surface area contributed by atoms with Gasteiger partial charge in [0.25, 0.3) is 0 Å². The number of benzene rings is 9. The van der Waals surface area contributed by atoms with Gasteiger partial charge in [0.1, 0.15) is 22.3 Å². The maximum Gasteiger partial charge on any atom is 0.160 e. The predicted molar refractivity (Wildman–Crippen MR) is 262 cm³/mol. The van der Waals surface area contributed by atoms with E-state index < -0.39 is 0 Å². The van der Waals surface area contributed by atoms with Crippen molar-refractivity contribution in [2.24, 2.45) is 0 Å². The molecule has 0 aliphatic heterocycles. The van der Waals surface area contributed by atoms with Crippen LogP contribution in [0.4, 0.5) is 0 Å². The molecule has 4 aromatic heterocycles. The fraction of sp³-hybridized carbons (Fsp3) is 0. The maximum atomic E-state index is 6.86. The van der Waals surface area contributed by atoms with Crippen molar-refractivity contribution in [3.8, 4) is 67.4 Å². The third kappa shape index (κ3) is 5.90. The Morgan fingerprint density at radius 3 is 1.55 bits per heavy atom. The molecule has 0 saturated carbocycles. The predicted octanol–water partition coefficient (Wildman–Crippen LogP) is 16.0. The van der Waals surface area contributed by atoms with E-state index in [1.165, 1.54) is 5.56 Å². The lowest BCUT2D eigenvalue weighted by molar-refractivity contribution is 0.669. The van der Waals surface area contributed by atoms with Crippen molar-refractivity contribution < 1.29 is 8.83 Å². The minimum Gasteiger partial charge on any atom is -0.456 e. The first-order chi connectivity index (χ1) is 31.7. The van der Waals surface area contributed by atoms with Gasteiger partial charge in [0.15, 0.2) is 5.82 Å². The minimum atomic E-state index is 0.677. The summed E-state index contributed by atoms with van der Waals surface area (Å²) in [7, 11) is 0. The average Bonchev–Trinajstić information content (AvgIpc) is 3.95. The molecular formula is C59H35N3O2. The molecule has 298 valence electrons. The van der Waals surface area contributed by atoms with Crippen molar-refractivity contribution in [1.29, 1.82) is 0 Å². The molecule has 9 aromatic carbocycles. The Morgan fingerprint density at radius 1 is 0.297 bits per heavy atom. The van der Waals surface area contributed by atoms with Crippen LogP contribution in [0.15, 0.2) is 221 Å². The second kappa shape index (κ2) is 14.5.